The van der Waals surface area contributed by atoms with Crippen LogP contribution in [0.4, 0.5) is 17.6 Å². The van der Waals surface area contributed by atoms with Crippen molar-refractivity contribution in [3.05, 3.63) is 64.6 Å². The van der Waals surface area contributed by atoms with Gasteiger partial charge in [0.05, 0.1) is 17.6 Å². The van der Waals surface area contributed by atoms with Crippen LogP contribution in [0.5, 0.6) is 5.75 Å². The van der Waals surface area contributed by atoms with E-state index in [1.54, 1.807) is 25.3 Å². The van der Waals surface area contributed by atoms with E-state index in [-0.39, 0.29) is 23.5 Å². The highest BCUT2D eigenvalue weighted by atomic mass is 35.5. The molecule has 4 nitrogen and oxygen atoms in total. The maximum Gasteiger partial charge on any atom is 0.194 e. The minimum absolute atomic E-state index is 0.0326. The molecule has 37 heavy (non-hydrogen) atoms. The topological polar surface area (TPSA) is 45.6 Å². The fourth-order valence-electron chi connectivity index (χ4n) is 4.84. The van der Waals surface area contributed by atoms with Crippen molar-refractivity contribution in [2.75, 3.05) is 39.1 Å². The number of halogens is 5. The predicted octanol–water partition coefficient (Wildman–Crippen LogP) is 6.97. The van der Waals surface area contributed by atoms with Gasteiger partial charge < -0.3 is 14.7 Å². The zero-order valence-corrected chi connectivity index (χ0v) is 22.0. The molecule has 3 aromatic rings. The van der Waals surface area contributed by atoms with Crippen LogP contribution in [0.15, 0.2) is 41.4 Å². The number of likely N-dealkylation sites (tertiary alicyclic amines) is 1. The number of thioether (sulfide) groups is 1. The number of benzene rings is 2. The zero-order valence-electron chi connectivity index (χ0n) is 20.5. The van der Waals surface area contributed by atoms with E-state index in [0.29, 0.717) is 58.7 Å². The Morgan fingerprint density at radius 1 is 1.16 bits per heavy atom. The van der Waals surface area contributed by atoms with Gasteiger partial charge in [-0.3, -0.25) is 4.98 Å². The molecule has 1 aromatic heterocycles. The molecule has 0 aliphatic carbocycles. The third-order valence-electron chi connectivity index (χ3n) is 7.20. The molecule has 10 heteroatoms. The Kier molecular flexibility index (Phi) is 9.21. The second-order valence-corrected chi connectivity index (χ2v) is 11.0. The first kappa shape index (κ1) is 28.0. The number of aliphatic hydroxyl groups excluding tert-OH is 1. The van der Waals surface area contributed by atoms with E-state index in [4.69, 9.17) is 16.3 Å². The summed E-state index contributed by atoms with van der Waals surface area (Å²) in [5.41, 5.74) is 0.642. The monoisotopic (exact) mass is 556 g/mol. The van der Waals surface area contributed by atoms with E-state index < -0.39 is 23.6 Å². The summed E-state index contributed by atoms with van der Waals surface area (Å²) in [5.74, 6) is -2.67. The van der Waals surface area contributed by atoms with Gasteiger partial charge in [-0.2, -0.15) is 0 Å². The average Bonchev–Trinajstić information content (AvgIpc) is 2.90. The number of piperidine rings is 1. The molecule has 0 amide bonds. The van der Waals surface area contributed by atoms with Crippen LogP contribution < -0.4 is 4.74 Å². The highest BCUT2D eigenvalue weighted by Gasteiger charge is 2.35. The zero-order chi connectivity index (χ0) is 26.6. The third-order valence-corrected chi connectivity index (χ3v) is 8.45. The number of hydrogen-bond donors (Lipinski definition) is 1. The second-order valence-electron chi connectivity index (χ2n) is 9.46. The quantitative estimate of drug-likeness (QED) is 0.166. The molecular weight excluding hydrogens is 528 g/mol. The number of aliphatic hydroxyl groups is 1. The van der Waals surface area contributed by atoms with Crippen molar-refractivity contribution in [2.45, 2.75) is 36.8 Å². The van der Waals surface area contributed by atoms with Gasteiger partial charge in [-0.1, -0.05) is 11.6 Å². The van der Waals surface area contributed by atoms with Gasteiger partial charge in [0.2, 0.25) is 0 Å². The lowest BCUT2D eigenvalue weighted by Crippen LogP contribution is -2.42. The van der Waals surface area contributed by atoms with Gasteiger partial charge in [0.15, 0.2) is 17.5 Å². The van der Waals surface area contributed by atoms with Gasteiger partial charge in [0.1, 0.15) is 11.9 Å². The fraction of sp³-hybridized carbons (Fsp3) is 0.444. The van der Waals surface area contributed by atoms with Crippen molar-refractivity contribution in [2.24, 2.45) is 5.41 Å². The van der Waals surface area contributed by atoms with Crippen molar-refractivity contribution in [3.8, 4) is 5.75 Å². The van der Waals surface area contributed by atoms with Crippen molar-refractivity contribution >= 4 is 34.3 Å². The van der Waals surface area contributed by atoms with Crippen LogP contribution in [0.2, 0.25) is 5.02 Å². The number of nitrogens with zero attached hydrogens (tertiary/aromatic N) is 2. The minimum Gasteiger partial charge on any atom is -0.497 e. The SMILES string of the molecule is COc1ccc2ncc(Cl)c([C@H](F)CCC3(CO)CCN(CCSc4cc(F)c(F)c(F)c4)CC3)c2c1. The van der Waals surface area contributed by atoms with E-state index in [1.165, 1.54) is 18.0 Å². The minimum atomic E-state index is -1.46. The van der Waals surface area contributed by atoms with E-state index >= 15 is 4.39 Å². The van der Waals surface area contributed by atoms with Crippen LogP contribution in [0.25, 0.3) is 10.9 Å². The maximum atomic E-state index is 15.6. The lowest BCUT2D eigenvalue weighted by atomic mass is 9.74. The van der Waals surface area contributed by atoms with Crippen LogP contribution in [0.1, 0.15) is 37.4 Å². The molecule has 200 valence electrons. The maximum absolute atomic E-state index is 15.6. The number of methoxy groups -OCH3 is 1. The molecule has 1 N–H and O–H groups in total. The smallest absolute Gasteiger partial charge is 0.194 e. The highest BCUT2D eigenvalue weighted by molar-refractivity contribution is 7.99. The standard InChI is InChI=1S/C27H29ClF4N2O2S/c1-36-17-2-3-24-19(12-17)25(20(28)15-33-24)21(29)4-5-27(16-35)6-8-34(9-7-27)10-11-37-18-13-22(30)26(32)23(31)14-18/h2-3,12-15,21,35H,4-11,16H2,1H3/t21-/m1/s1. The molecule has 0 spiro atoms. The van der Waals surface area contributed by atoms with Crippen LogP contribution in [-0.2, 0) is 0 Å². The average molecular weight is 557 g/mol. The van der Waals surface area contributed by atoms with Crippen LogP contribution >= 0.6 is 23.4 Å². The Labute approximate surface area is 223 Å². The lowest BCUT2D eigenvalue weighted by molar-refractivity contribution is 0.0323. The third kappa shape index (κ3) is 6.50. The summed E-state index contributed by atoms with van der Waals surface area (Å²) < 4.78 is 60.8. The number of fused-ring (bicyclic) bond motifs is 1. The van der Waals surface area contributed by atoms with Crippen molar-refractivity contribution < 1.29 is 27.4 Å². The first-order valence-electron chi connectivity index (χ1n) is 12.1. The molecule has 2 aromatic carbocycles. The molecule has 0 bridgehead atoms. The number of alkyl halides is 1. The molecular formula is C27H29ClF4N2O2S. The molecule has 1 aliphatic rings. The summed E-state index contributed by atoms with van der Waals surface area (Å²) in [5, 5.41) is 11.1. The first-order chi connectivity index (χ1) is 17.7. The summed E-state index contributed by atoms with van der Waals surface area (Å²) in [6.45, 7) is 2.09. The summed E-state index contributed by atoms with van der Waals surface area (Å²) in [4.78, 5) is 6.84. The van der Waals surface area contributed by atoms with Gasteiger partial charge in [0.25, 0.3) is 0 Å². The van der Waals surface area contributed by atoms with Crippen molar-refractivity contribution in [1.29, 1.82) is 0 Å². The van der Waals surface area contributed by atoms with E-state index in [9.17, 15) is 18.3 Å². The van der Waals surface area contributed by atoms with E-state index in [1.807, 2.05) is 0 Å². The largest absolute Gasteiger partial charge is 0.497 e. The van der Waals surface area contributed by atoms with Crippen LogP contribution in [0.3, 0.4) is 0 Å². The number of ether oxygens (including phenoxy) is 1. The van der Waals surface area contributed by atoms with Gasteiger partial charge in [-0.05, 0) is 74.5 Å². The molecule has 4 rings (SSSR count). The van der Waals surface area contributed by atoms with E-state index in [0.717, 1.165) is 25.2 Å². The van der Waals surface area contributed by atoms with Gasteiger partial charge in [-0.15, -0.1) is 11.8 Å². The van der Waals surface area contributed by atoms with Crippen molar-refractivity contribution in [3.63, 3.8) is 0 Å². The Morgan fingerprint density at radius 3 is 2.51 bits per heavy atom. The predicted molar refractivity (Wildman–Crippen MR) is 139 cm³/mol. The molecule has 0 unspecified atom stereocenters. The summed E-state index contributed by atoms with van der Waals surface area (Å²) in [7, 11) is 1.55. The number of rotatable bonds is 10. The lowest BCUT2D eigenvalue weighted by Gasteiger charge is -2.41. The first-order valence-corrected chi connectivity index (χ1v) is 13.5. The van der Waals surface area contributed by atoms with Crippen LogP contribution in [-0.4, -0.2) is 54.1 Å². The van der Waals surface area contributed by atoms with Gasteiger partial charge >= 0.3 is 0 Å². The second kappa shape index (κ2) is 12.2. The normalized spacial score (nSPS) is 16.7. The Bertz CT molecular complexity index is 1220. The van der Waals surface area contributed by atoms with Crippen LogP contribution in [0, 0.1) is 22.9 Å². The molecule has 1 saturated heterocycles. The highest BCUT2D eigenvalue weighted by Crippen LogP contribution is 2.42. The van der Waals surface area contributed by atoms with Crippen molar-refractivity contribution in [1.82, 2.24) is 9.88 Å². The Morgan fingerprint density at radius 2 is 1.86 bits per heavy atom. The van der Waals surface area contributed by atoms with E-state index in [2.05, 4.69) is 9.88 Å². The molecule has 0 radical (unpaired) electrons. The number of hydrogen-bond acceptors (Lipinski definition) is 5. The molecule has 1 fully saturated rings. The Hall–Kier alpha value is -2.07. The molecule has 1 aliphatic heterocycles. The molecule has 2 heterocycles. The number of pyridine rings is 1. The molecule has 0 saturated carbocycles. The molecule has 1 atom stereocenters. The summed E-state index contributed by atoms with van der Waals surface area (Å²) in [6, 6.07) is 7.27. The number of aromatic nitrogens is 1. The fourth-order valence-corrected chi connectivity index (χ4v) is 6.06. The van der Waals surface area contributed by atoms with Gasteiger partial charge in [0, 0.05) is 40.9 Å². The summed E-state index contributed by atoms with van der Waals surface area (Å²) in [6.07, 6.45) is 2.28. The van der Waals surface area contributed by atoms with Gasteiger partial charge in [-0.25, -0.2) is 17.6 Å². The summed E-state index contributed by atoms with van der Waals surface area (Å²) >= 11 is 7.62. The Balaban J connectivity index is 1.32.